The SMILES string of the molecule is CCN(CCO)CC1CCCN1. The van der Waals surface area contributed by atoms with Gasteiger partial charge in [0.05, 0.1) is 6.61 Å². The summed E-state index contributed by atoms with van der Waals surface area (Å²) in [7, 11) is 0. The summed E-state index contributed by atoms with van der Waals surface area (Å²) < 4.78 is 0. The molecule has 0 bridgehead atoms. The average Bonchev–Trinajstić information content (AvgIpc) is 2.56. The molecule has 1 saturated heterocycles. The van der Waals surface area contributed by atoms with E-state index in [0.717, 1.165) is 19.6 Å². The Morgan fingerprint density at radius 2 is 2.42 bits per heavy atom. The van der Waals surface area contributed by atoms with Gasteiger partial charge in [-0.05, 0) is 25.9 Å². The van der Waals surface area contributed by atoms with Crippen LogP contribution in [0.5, 0.6) is 0 Å². The lowest BCUT2D eigenvalue weighted by atomic mass is 10.2. The molecule has 1 unspecified atom stereocenters. The van der Waals surface area contributed by atoms with Gasteiger partial charge in [-0.15, -0.1) is 0 Å². The van der Waals surface area contributed by atoms with Gasteiger partial charge < -0.3 is 10.4 Å². The Morgan fingerprint density at radius 3 is 2.92 bits per heavy atom. The van der Waals surface area contributed by atoms with Crippen LogP contribution in [0.4, 0.5) is 0 Å². The summed E-state index contributed by atoms with van der Waals surface area (Å²) in [5.74, 6) is 0. The summed E-state index contributed by atoms with van der Waals surface area (Å²) in [5.41, 5.74) is 0. The van der Waals surface area contributed by atoms with Gasteiger partial charge in [0.15, 0.2) is 0 Å². The van der Waals surface area contributed by atoms with Crippen LogP contribution in [0.15, 0.2) is 0 Å². The van der Waals surface area contributed by atoms with E-state index in [4.69, 9.17) is 5.11 Å². The van der Waals surface area contributed by atoms with Crippen molar-refractivity contribution in [3.8, 4) is 0 Å². The fourth-order valence-corrected chi connectivity index (χ4v) is 1.74. The first-order valence-corrected chi connectivity index (χ1v) is 4.93. The first-order chi connectivity index (χ1) is 5.86. The second kappa shape index (κ2) is 5.51. The molecule has 1 aliphatic heterocycles. The monoisotopic (exact) mass is 172 g/mol. The molecular formula is C9H20N2O. The van der Waals surface area contributed by atoms with E-state index in [1.807, 2.05) is 0 Å². The second-order valence-corrected chi connectivity index (χ2v) is 3.41. The molecule has 1 fully saturated rings. The molecule has 72 valence electrons. The zero-order chi connectivity index (χ0) is 8.81. The van der Waals surface area contributed by atoms with E-state index in [2.05, 4.69) is 17.1 Å². The van der Waals surface area contributed by atoms with Crippen molar-refractivity contribution in [2.24, 2.45) is 0 Å². The summed E-state index contributed by atoms with van der Waals surface area (Å²) >= 11 is 0. The highest BCUT2D eigenvalue weighted by Crippen LogP contribution is 2.06. The number of hydrogen-bond donors (Lipinski definition) is 2. The van der Waals surface area contributed by atoms with Gasteiger partial charge in [0.2, 0.25) is 0 Å². The summed E-state index contributed by atoms with van der Waals surface area (Å²) in [6.45, 7) is 6.54. The van der Waals surface area contributed by atoms with Gasteiger partial charge in [0, 0.05) is 19.1 Å². The fraction of sp³-hybridized carbons (Fsp3) is 1.00. The van der Waals surface area contributed by atoms with Crippen molar-refractivity contribution in [2.75, 3.05) is 32.8 Å². The molecule has 3 heteroatoms. The van der Waals surface area contributed by atoms with Crippen molar-refractivity contribution in [3.63, 3.8) is 0 Å². The molecule has 12 heavy (non-hydrogen) atoms. The Kier molecular flexibility index (Phi) is 4.58. The van der Waals surface area contributed by atoms with Crippen LogP contribution >= 0.6 is 0 Å². The number of nitrogens with zero attached hydrogens (tertiary/aromatic N) is 1. The lowest BCUT2D eigenvalue weighted by Crippen LogP contribution is -2.38. The predicted molar refractivity (Wildman–Crippen MR) is 50.2 cm³/mol. The number of rotatable bonds is 5. The molecule has 1 rings (SSSR count). The Hall–Kier alpha value is -0.120. The average molecular weight is 172 g/mol. The van der Waals surface area contributed by atoms with Gasteiger partial charge in [-0.25, -0.2) is 0 Å². The molecule has 1 aliphatic rings. The third kappa shape index (κ3) is 3.09. The van der Waals surface area contributed by atoms with Crippen LogP contribution in [-0.4, -0.2) is 48.8 Å². The van der Waals surface area contributed by atoms with E-state index >= 15 is 0 Å². The molecule has 0 aromatic rings. The highest BCUT2D eigenvalue weighted by molar-refractivity contribution is 4.77. The molecule has 0 saturated carbocycles. The smallest absolute Gasteiger partial charge is 0.0558 e. The first-order valence-electron chi connectivity index (χ1n) is 4.93. The quantitative estimate of drug-likeness (QED) is 0.615. The zero-order valence-corrected chi connectivity index (χ0v) is 7.92. The lowest BCUT2D eigenvalue weighted by Gasteiger charge is -2.22. The Bertz CT molecular complexity index is 113. The first kappa shape index (κ1) is 9.96. The van der Waals surface area contributed by atoms with E-state index < -0.39 is 0 Å². The van der Waals surface area contributed by atoms with Gasteiger partial charge in [-0.2, -0.15) is 0 Å². The maximum absolute atomic E-state index is 8.78. The van der Waals surface area contributed by atoms with Crippen molar-refractivity contribution in [1.82, 2.24) is 10.2 Å². The summed E-state index contributed by atoms with van der Waals surface area (Å²) in [6.07, 6.45) is 2.60. The number of nitrogens with one attached hydrogen (secondary N) is 1. The minimum Gasteiger partial charge on any atom is -0.395 e. The van der Waals surface area contributed by atoms with E-state index in [1.165, 1.54) is 19.4 Å². The molecule has 0 spiro atoms. The Labute approximate surface area is 74.8 Å². The summed E-state index contributed by atoms with van der Waals surface area (Å²) in [6, 6.07) is 0.663. The molecule has 1 heterocycles. The van der Waals surface area contributed by atoms with Gasteiger partial charge >= 0.3 is 0 Å². The van der Waals surface area contributed by atoms with E-state index in [0.29, 0.717) is 6.04 Å². The van der Waals surface area contributed by atoms with E-state index in [1.54, 1.807) is 0 Å². The molecule has 0 amide bonds. The van der Waals surface area contributed by atoms with Crippen LogP contribution < -0.4 is 5.32 Å². The zero-order valence-electron chi connectivity index (χ0n) is 7.92. The van der Waals surface area contributed by atoms with Crippen LogP contribution in [0.25, 0.3) is 0 Å². The van der Waals surface area contributed by atoms with Crippen molar-refractivity contribution in [2.45, 2.75) is 25.8 Å². The van der Waals surface area contributed by atoms with Gasteiger partial charge in [-0.3, -0.25) is 4.90 Å². The second-order valence-electron chi connectivity index (χ2n) is 3.41. The maximum Gasteiger partial charge on any atom is 0.0558 e. The third-order valence-corrected chi connectivity index (χ3v) is 2.50. The topological polar surface area (TPSA) is 35.5 Å². The van der Waals surface area contributed by atoms with Crippen LogP contribution in [-0.2, 0) is 0 Å². The number of aliphatic hydroxyl groups excluding tert-OH is 1. The molecule has 0 aliphatic carbocycles. The predicted octanol–water partition coefficient (Wildman–Crippen LogP) is 0.0526. The fourth-order valence-electron chi connectivity index (χ4n) is 1.74. The van der Waals surface area contributed by atoms with Crippen molar-refractivity contribution >= 4 is 0 Å². The van der Waals surface area contributed by atoms with Crippen LogP contribution in [0.3, 0.4) is 0 Å². The highest BCUT2D eigenvalue weighted by Gasteiger charge is 2.16. The normalized spacial score (nSPS) is 23.8. The molecule has 0 radical (unpaired) electrons. The molecule has 0 aromatic carbocycles. The Morgan fingerprint density at radius 1 is 1.58 bits per heavy atom. The van der Waals surface area contributed by atoms with Gasteiger partial charge in [0.1, 0.15) is 0 Å². The maximum atomic E-state index is 8.78. The van der Waals surface area contributed by atoms with Gasteiger partial charge in [-0.1, -0.05) is 6.92 Å². The summed E-state index contributed by atoms with van der Waals surface area (Å²) in [5, 5.41) is 12.2. The van der Waals surface area contributed by atoms with E-state index in [9.17, 15) is 0 Å². The van der Waals surface area contributed by atoms with Crippen LogP contribution in [0.1, 0.15) is 19.8 Å². The molecule has 3 nitrogen and oxygen atoms in total. The highest BCUT2D eigenvalue weighted by atomic mass is 16.3. The molecule has 2 N–H and O–H groups in total. The largest absolute Gasteiger partial charge is 0.395 e. The van der Waals surface area contributed by atoms with Crippen LogP contribution in [0.2, 0.25) is 0 Å². The van der Waals surface area contributed by atoms with Gasteiger partial charge in [0.25, 0.3) is 0 Å². The minimum absolute atomic E-state index is 0.278. The molecule has 1 atom stereocenters. The van der Waals surface area contributed by atoms with E-state index in [-0.39, 0.29) is 6.61 Å². The number of hydrogen-bond acceptors (Lipinski definition) is 3. The molecule has 0 aromatic heterocycles. The Balaban J connectivity index is 2.16. The van der Waals surface area contributed by atoms with Crippen LogP contribution in [0, 0.1) is 0 Å². The number of likely N-dealkylation sites (N-methyl/N-ethyl adjacent to an activating group) is 1. The third-order valence-electron chi connectivity index (χ3n) is 2.50. The standard InChI is InChI=1S/C9H20N2O/c1-2-11(6-7-12)8-9-4-3-5-10-9/h9-10,12H,2-8H2,1H3. The van der Waals surface area contributed by atoms with Crippen molar-refractivity contribution in [1.29, 1.82) is 0 Å². The molecular weight excluding hydrogens is 152 g/mol. The lowest BCUT2D eigenvalue weighted by molar-refractivity contribution is 0.191. The summed E-state index contributed by atoms with van der Waals surface area (Å²) in [4.78, 5) is 2.29. The van der Waals surface area contributed by atoms with Crippen molar-refractivity contribution < 1.29 is 5.11 Å². The van der Waals surface area contributed by atoms with Crippen molar-refractivity contribution in [3.05, 3.63) is 0 Å². The number of aliphatic hydroxyl groups is 1. The minimum atomic E-state index is 0.278.